The van der Waals surface area contributed by atoms with Gasteiger partial charge in [-0.25, -0.2) is 4.98 Å². The molecule has 0 spiro atoms. The zero-order chi connectivity index (χ0) is 11.4. The lowest BCUT2D eigenvalue weighted by Gasteiger charge is -2.03. The molecule has 4 heteroatoms. The van der Waals surface area contributed by atoms with E-state index in [2.05, 4.69) is 11.1 Å². The molecule has 0 radical (unpaired) electrons. The Morgan fingerprint density at radius 1 is 1.44 bits per heavy atom. The van der Waals surface area contributed by atoms with Crippen LogP contribution in [-0.2, 0) is 13.0 Å². The van der Waals surface area contributed by atoms with Gasteiger partial charge in [-0.05, 0) is 17.7 Å². The molecular formula is C12H10ClN3. The minimum absolute atomic E-state index is 0.329. The van der Waals surface area contributed by atoms with E-state index in [1.54, 1.807) is 6.20 Å². The van der Waals surface area contributed by atoms with Gasteiger partial charge in [0.2, 0.25) is 0 Å². The minimum Gasteiger partial charge on any atom is -0.321 e. The number of benzene rings is 1. The summed E-state index contributed by atoms with van der Waals surface area (Å²) < 4.78 is 1.83. The fourth-order valence-electron chi connectivity index (χ4n) is 1.56. The third-order valence-electron chi connectivity index (χ3n) is 2.29. The van der Waals surface area contributed by atoms with E-state index < -0.39 is 0 Å². The van der Waals surface area contributed by atoms with Crippen molar-refractivity contribution in [3.63, 3.8) is 0 Å². The van der Waals surface area contributed by atoms with Gasteiger partial charge in [0.1, 0.15) is 12.4 Å². The molecule has 3 nitrogen and oxygen atoms in total. The first kappa shape index (κ1) is 10.7. The Hall–Kier alpha value is -1.79. The molecule has 1 aromatic carbocycles. The van der Waals surface area contributed by atoms with E-state index in [1.165, 1.54) is 0 Å². The average Bonchev–Trinajstić information content (AvgIpc) is 2.66. The van der Waals surface area contributed by atoms with Crippen LogP contribution in [0.15, 0.2) is 36.7 Å². The smallest absolute Gasteiger partial charge is 0.113 e. The van der Waals surface area contributed by atoms with Gasteiger partial charge in [-0.1, -0.05) is 23.7 Å². The summed E-state index contributed by atoms with van der Waals surface area (Å²) in [6.45, 7) is 0.329. The number of imidazole rings is 1. The van der Waals surface area contributed by atoms with Gasteiger partial charge in [0.05, 0.1) is 6.07 Å². The Labute approximate surface area is 98.9 Å². The van der Waals surface area contributed by atoms with Crippen LogP contribution in [0.25, 0.3) is 0 Å². The molecule has 0 aliphatic rings. The van der Waals surface area contributed by atoms with E-state index in [-0.39, 0.29) is 0 Å². The Balaban J connectivity index is 2.21. The van der Waals surface area contributed by atoms with Gasteiger partial charge < -0.3 is 4.57 Å². The summed E-state index contributed by atoms with van der Waals surface area (Å²) in [5, 5.41) is 9.37. The van der Waals surface area contributed by atoms with E-state index in [0.29, 0.717) is 13.0 Å². The Morgan fingerprint density at radius 3 is 3.06 bits per heavy atom. The second-order valence-electron chi connectivity index (χ2n) is 3.44. The molecule has 2 aromatic rings. The number of rotatable bonds is 3. The number of aromatic nitrogens is 2. The van der Waals surface area contributed by atoms with E-state index in [9.17, 15) is 0 Å². The van der Waals surface area contributed by atoms with Gasteiger partial charge in [0, 0.05) is 23.8 Å². The molecule has 0 aliphatic carbocycles. The third-order valence-corrected chi connectivity index (χ3v) is 2.53. The highest BCUT2D eigenvalue weighted by atomic mass is 35.5. The Morgan fingerprint density at radius 2 is 2.31 bits per heavy atom. The molecule has 0 saturated carbocycles. The van der Waals surface area contributed by atoms with Crippen molar-refractivity contribution in [3.8, 4) is 6.07 Å². The van der Waals surface area contributed by atoms with Crippen LogP contribution in [0.4, 0.5) is 0 Å². The van der Waals surface area contributed by atoms with E-state index in [4.69, 9.17) is 16.9 Å². The van der Waals surface area contributed by atoms with Crippen LogP contribution in [0.2, 0.25) is 5.02 Å². The summed E-state index contributed by atoms with van der Waals surface area (Å²) in [6.07, 6.45) is 4.20. The van der Waals surface area contributed by atoms with E-state index in [0.717, 1.165) is 16.4 Å². The van der Waals surface area contributed by atoms with Crippen molar-refractivity contribution in [1.82, 2.24) is 9.55 Å². The monoisotopic (exact) mass is 231 g/mol. The lowest BCUT2D eigenvalue weighted by molar-refractivity contribution is 0.765. The van der Waals surface area contributed by atoms with Crippen LogP contribution >= 0.6 is 11.6 Å². The van der Waals surface area contributed by atoms with Gasteiger partial charge >= 0.3 is 0 Å². The molecule has 0 bridgehead atoms. The number of hydrogen-bond donors (Lipinski definition) is 0. The maximum Gasteiger partial charge on any atom is 0.113 e. The molecule has 0 unspecified atom stereocenters. The third kappa shape index (κ3) is 2.41. The summed E-state index contributed by atoms with van der Waals surface area (Å²) >= 11 is 5.91. The second kappa shape index (κ2) is 4.82. The molecule has 1 heterocycles. The zero-order valence-corrected chi connectivity index (χ0v) is 9.35. The lowest BCUT2D eigenvalue weighted by Crippen LogP contribution is -2.02. The molecule has 0 atom stereocenters. The summed E-state index contributed by atoms with van der Waals surface area (Å²) in [4.78, 5) is 4.23. The van der Waals surface area contributed by atoms with Gasteiger partial charge in [-0.2, -0.15) is 5.26 Å². The molecule has 0 aliphatic heterocycles. The molecule has 0 amide bonds. The molecule has 2 rings (SSSR count). The zero-order valence-electron chi connectivity index (χ0n) is 8.60. The SMILES string of the molecule is N#CCn1ccnc1Cc1cccc(Cl)c1. The highest BCUT2D eigenvalue weighted by Crippen LogP contribution is 2.13. The summed E-state index contributed by atoms with van der Waals surface area (Å²) in [7, 11) is 0. The second-order valence-corrected chi connectivity index (χ2v) is 3.87. The van der Waals surface area contributed by atoms with Crippen LogP contribution in [-0.4, -0.2) is 9.55 Å². The van der Waals surface area contributed by atoms with Crippen LogP contribution in [0.1, 0.15) is 11.4 Å². The van der Waals surface area contributed by atoms with Crippen molar-refractivity contribution in [2.45, 2.75) is 13.0 Å². The first-order valence-electron chi connectivity index (χ1n) is 4.91. The maximum atomic E-state index is 8.65. The maximum absolute atomic E-state index is 8.65. The average molecular weight is 232 g/mol. The predicted molar refractivity (Wildman–Crippen MR) is 62.1 cm³/mol. The van der Waals surface area contributed by atoms with Crippen molar-refractivity contribution in [3.05, 3.63) is 53.1 Å². The van der Waals surface area contributed by atoms with Crippen molar-refractivity contribution in [2.75, 3.05) is 0 Å². The predicted octanol–water partition coefficient (Wildman–Crippen LogP) is 2.65. The fraction of sp³-hybridized carbons (Fsp3) is 0.167. The van der Waals surface area contributed by atoms with Gasteiger partial charge in [0.15, 0.2) is 0 Å². The molecule has 16 heavy (non-hydrogen) atoms. The molecule has 0 fully saturated rings. The first-order chi connectivity index (χ1) is 7.79. The number of hydrogen-bond acceptors (Lipinski definition) is 2. The van der Waals surface area contributed by atoms with Gasteiger partial charge in [0.25, 0.3) is 0 Å². The van der Waals surface area contributed by atoms with E-state index >= 15 is 0 Å². The van der Waals surface area contributed by atoms with Crippen molar-refractivity contribution >= 4 is 11.6 Å². The quantitative estimate of drug-likeness (QED) is 0.815. The van der Waals surface area contributed by atoms with Gasteiger partial charge in [-0.3, -0.25) is 0 Å². The molecule has 80 valence electrons. The Bertz CT molecular complexity index is 525. The molecule has 0 saturated heterocycles. The van der Waals surface area contributed by atoms with Crippen molar-refractivity contribution in [2.24, 2.45) is 0 Å². The Kier molecular flexibility index (Phi) is 3.23. The largest absolute Gasteiger partial charge is 0.321 e. The molecule has 1 aromatic heterocycles. The van der Waals surface area contributed by atoms with Crippen LogP contribution in [0.5, 0.6) is 0 Å². The highest BCUT2D eigenvalue weighted by molar-refractivity contribution is 6.30. The van der Waals surface area contributed by atoms with Crippen LogP contribution in [0, 0.1) is 11.3 Å². The summed E-state index contributed by atoms with van der Waals surface area (Å²) in [6, 6.07) is 9.76. The van der Waals surface area contributed by atoms with Gasteiger partial charge in [-0.15, -0.1) is 0 Å². The standard InChI is InChI=1S/C12H10ClN3/c13-11-3-1-2-10(8-11)9-12-15-5-7-16(12)6-4-14/h1-3,5,7-8H,6,9H2. The molecule has 0 N–H and O–H groups in total. The van der Waals surface area contributed by atoms with E-state index in [1.807, 2.05) is 35.0 Å². The fourth-order valence-corrected chi connectivity index (χ4v) is 1.77. The molecular weight excluding hydrogens is 222 g/mol. The first-order valence-corrected chi connectivity index (χ1v) is 5.29. The van der Waals surface area contributed by atoms with Crippen molar-refractivity contribution in [1.29, 1.82) is 5.26 Å². The van der Waals surface area contributed by atoms with Crippen LogP contribution in [0.3, 0.4) is 0 Å². The minimum atomic E-state index is 0.329. The lowest BCUT2D eigenvalue weighted by atomic mass is 10.1. The number of nitriles is 1. The number of nitrogens with zero attached hydrogens (tertiary/aromatic N) is 3. The number of halogens is 1. The highest BCUT2D eigenvalue weighted by Gasteiger charge is 2.03. The summed E-state index contributed by atoms with van der Waals surface area (Å²) in [5.74, 6) is 0.879. The van der Waals surface area contributed by atoms with Crippen LogP contribution < -0.4 is 0 Å². The topological polar surface area (TPSA) is 41.6 Å². The normalized spacial score (nSPS) is 10.0. The summed E-state index contributed by atoms with van der Waals surface area (Å²) in [5.41, 5.74) is 1.10. The van der Waals surface area contributed by atoms with Crippen molar-refractivity contribution < 1.29 is 0 Å².